The number of pyridine rings is 1. The second kappa shape index (κ2) is 5.47. The molecule has 2 atom stereocenters. The Kier molecular flexibility index (Phi) is 3.71. The highest BCUT2D eigenvalue weighted by Crippen LogP contribution is 2.25. The number of aromatic nitrogens is 1. The summed E-state index contributed by atoms with van der Waals surface area (Å²) in [6.07, 6.45) is 5.33. The van der Waals surface area contributed by atoms with Crippen LogP contribution in [0.15, 0.2) is 18.3 Å². The van der Waals surface area contributed by atoms with Crippen LogP contribution in [0.5, 0.6) is 0 Å². The van der Waals surface area contributed by atoms with E-state index in [9.17, 15) is 5.11 Å². The maximum absolute atomic E-state index is 9.51. The summed E-state index contributed by atoms with van der Waals surface area (Å²) in [6.45, 7) is 6.50. The highest BCUT2D eigenvalue weighted by atomic mass is 16.3. The molecule has 19 heavy (non-hydrogen) atoms. The van der Waals surface area contributed by atoms with Crippen LogP contribution < -0.4 is 4.90 Å². The third kappa shape index (κ3) is 2.74. The minimum absolute atomic E-state index is 0.483. The molecule has 2 fully saturated rings. The van der Waals surface area contributed by atoms with Crippen LogP contribution in [0.3, 0.4) is 0 Å². The molecule has 3 heterocycles. The third-order valence-corrected chi connectivity index (χ3v) is 4.37. The molecule has 0 aliphatic carbocycles. The zero-order valence-corrected chi connectivity index (χ0v) is 11.6. The van der Waals surface area contributed by atoms with Crippen molar-refractivity contribution >= 4 is 5.69 Å². The maximum atomic E-state index is 9.51. The number of aliphatic hydroxyl groups excluding tert-OH is 1. The summed E-state index contributed by atoms with van der Waals surface area (Å²) >= 11 is 0. The molecule has 1 aromatic rings. The van der Waals surface area contributed by atoms with E-state index in [-0.39, 0.29) is 0 Å². The summed E-state index contributed by atoms with van der Waals surface area (Å²) in [5.74, 6) is 0. The molecule has 1 N–H and O–H groups in total. The fourth-order valence-corrected chi connectivity index (χ4v) is 3.27. The molecule has 4 nitrogen and oxygen atoms in total. The molecule has 0 aromatic carbocycles. The van der Waals surface area contributed by atoms with Gasteiger partial charge < -0.3 is 10.0 Å². The van der Waals surface area contributed by atoms with Gasteiger partial charge in [0, 0.05) is 25.7 Å². The van der Waals surface area contributed by atoms with E-state index in [1.54, 1.807) is 6.92 Å². The molecule has 0 amide bonds. The Morgan fingerprint density at radius 2 is 2.11 bits per heavy atom. The predicted octanol–water partition coefficient (Wildman–Crippen LogP) is 1.81. The number of aliphatic hydroxyl groups is 1. The zero-order valence-electron chi connectivity index (χ0n) is 11.6. The van der Waals surface area contributed by atoms with Crippen molar-refractivity contribution in [1.29, 1.82) is 0 Å². The Balaban J connectivity index is 1.73. The van der Waals surface area contributed by atoms with Crippen LogP contribution in [-0.2, 0) is 0 Å². The van der Waals surface area contributed by atoms with Crippen molar-refractivity contribution in [2.24, 2.45) is 0 Å². The van der Waals surface area contributed by atoms with Gasteiger partial charge in [0.05, 0.1) is 23.7 Å². The Labute approximate surface area is 115 Å². The van der Waals surface area contributed by atoms with Gasteiger partial charge in [-0.3, -0.25) is 9.88 Å². The Morgan fingerprint density at radius 1 is 1.26 bits per heavy atom. The molecule has 2 aliphatic heterocycles. The van der Waals surface area contributed by atoms with E-state index < -0.39 is 6.10 Å². The largest absolute Gasteiger partial charge is 0.387 e. The van der Waals surface area contributed by atoms with Gasteiger partial charge in [-0.1, -0.05) is 0 Å². The van der Waals surface area contributed by atoms with Crippen LogP contribution in [0.2, 0.25) is 0 Å². The van der Waals surface area contributed by atoms with Crippen molar-refractivity contribution in [2.45, 2.75) is 38.3 Å². The molecule has 0 spiro atoms. The average Bonchev–Trinajstić information content (AvgIpc) is 2.76. The van der Waals surface area contributed by atoms with E-state index in [2.05, 4.69) is 20.9 Å². The summed E-state index contributed by atoms with van der Waals surface area (Å²) in [5.41, 5.74) is 1.94. The molecular weight excluding hydrogens is 238 g/mol. The van der Waals surface area contributed by atoms with Gasteiger partial charge in [-0.15, -0.1) is 0 Å². The van der Waals surface area contributed by atoms with Gasteiger partial charge in [-0.05, 0) is 44.9 Å². The van der Waals surface area contributed by atoms with E-state index in [0.29, 0.717) is 0 Å². The number of rotatable bonds is 2. The SMILES string of the molecule is C[C@H](O)c1ccc(N2CCCN3CCCC3C2)cn1. The second-order valence-corrected chi connectivity index (χ2v) is 5.75. The summed E-state index contributed by atoms with van der Waals surface area (Å²) in [5, 5.41) is 9.51. The summed E-state index contributed by atoms with van der Waals surface area (Å²) in [7, 11) is 0. The number of fused-ring (bicyclic) bond motifs is 1. The van der Waals surface area contributed by atoms with Crippen LogP contribution in [0.4, 0.5) is 5.69 Å². The fourth-order valence-electron chi connectivity index (χ4n) is 3.27. The Bertz CT molecular complexity index is 418. The first-order valence-corrected chi connectivity index (χ1v) is 7.37. The lowest BCUT2D eigenvalue weighted by atomic mass is 10.2. The fraction of sp³-hybridized carbons (Fsp3) is 0.667. The van der Waals surface area contributed by atoms with E-state index in [1.165, 1.54) is 38.0 Å². The van der Waals surface area contributed by atoms with Crippen LogP contribution in [0.25, 0.3) is 0 Å². The quantitative estimate of drug-likeness (QED) is 0.881. The molecule has 3 rings (SSSR count). The lowest BCUT2D eigenvalue weighted by molar-refractivity contribution is 0.194. The molecule has 2 aliphatic rings. The molecular formula is C15H23N3O. The first-order valence-electron chi connectivity index (χ1n) is 7.37. The molecule has 0 bridgehead atoms. The van der Waals surface area contributed by atoms with E-state index in [4.69, 9.17) is 0 Å². The zero-order chi connectivity index (χ0) is 13.2. The van der Waals surface area contributed by atoms with Crippen LogP contribution in [-0.4, -0.2) is 47.2 Å². The minimum Gasteiger partial charge on any atom is -0.387 e. The molecule has 104 valence electrons. The van der Waals surface area contributed by atoms with Crippen molar-refractivity contribution in [1.82, 2.24) is 9.88 Å². The molecule has 2 saturated heterocycles. The lowest BCUT2D eigenvalue weighted by Gasteiger charge is -2.27. The Morgan fingerprint density at radius 3 is 2.84 bits per heavy atom. The van der Waals surface area contributed by atoms with Crippen molar-refractivity contribution in [3.63, 3.8) is 0 Å². The highest BCUT2D eigenvalue weighted by molar-refractivity contribution is 5.45. The van der Waals surface area contributed by atoms with Gasteiger partial charge in [0.1, 0.15) is 0 Å². The highest BCUT2D eigenvalue weighted by Gasteiger charge is 2.28. The van der Waals surface area contributed by atoms with E-state index in [0.717, 1.165) is 24.8 Å². The van der Waals surface area contributed by atoms with Crippen molar-refractivity contribution < 1.29 is 5.11 Å². The molecule has 0 radical (unpaired) electrons. The van der Waals surface area contributed by atoms with Gasteiger partial charge in [0.25, 0.3) is 0 Å². The first-order chi connectivity index (χ1) is 9.24. The Hall–Kier alpha value is -1.13. The number of nitrogens with zero attached hydrogens (tertiary/aromatic N) is 3. The van der Waals surface area contributed by atoms with Crippen LogP contribution in [0.1, 0.15) is 38.0 Å². The third-order valence-electron chi connectivity index (χ3n) is 4.37. The first kappa shape index (κ1) is 12.9. The topological polar surface area (TPSA) is 39.6 Å². The van der Waals surface area contributed by atoms with Gasteiger partial charge in [-0.25, -0.2) is 0 Å². The molecule has 4 heteroatoms. The molecule has 1 aromatic heterocycles. The van der Waals surface area contributed by atoms with Gasteiger partial charge in [-0.2, -0.15) is 0 Å². The van der Waals surface area contributed by atoms with Gasteiger partial charge in [0.2, 0.25) is 0 Å². The van der Waals surface area contributed by atoms with Gasteiger partial charge >= 0.3 is 0 Å². The van der Waals surface area contributed by atoms with Crippen molar-refractivity contribution in [3.8, 4) is 0 Å². The number of hydrogen-bond acceptors (Lipinski definition) is 4. The average molecular weight is 261 g/mol. The number of hydrogen-bond donors (Lipinski definition) is 1. The van der Waals surface area contributed by atoms with E-state index in [1.807, 2.05) is 12.3 Å². The molecule has 0 saturated carbocycles. The predicted molar refractivity (Wildman–Crippen MR) is 76.3 cm³/mol. The standard InChI is InChI=1S/C15H23N3O/c1-12(19)15-6-5-13(10-16-15)18-9-3-8-17-7-2-4-14(17)11-18/h5-6,10,12,14,19H,2-4,7-9,11H2,1H3/t12-,14?/m0/s1. The van der Waals surface area contributed by atoms with E-state index >= 15 is 0 Å². The van der Waals surface area contributed by atoms with Crippen molar-refractivity contribution in [2.75, 3.05) is 31.1 Å². The summed E-state index contributed by atoms with van der Waals surface area (Å²) in [6, 6.07) is 4.76. The minimum atomic E-state index is -0.483. The molecule has 1 unspecified atom stereocenters. The lowest BCUT2D eigenvalue weighted by Crippen LogP contribution is -2.36. The number of anilines is 1. The smallest absolute Gasteiger partial charge is 0.0931 e. The van der Waals surface area contributed by atoms with Crippen LogP contribution >= 0.6 is 0 Å². The maximum Gasteiger partial charge on any atom is 0.0931 e. The monoisotopic (exact) mass is 261 g/mol. The normalized spacial score (nSPS) is 26.0. The van der Waals surface area contributed by atoms with Crippen molar-refractivity contribution in [3.05, 3.63) is 24.0 Å². The second-order valence-electron chi connectivity index (χ2n) is 5.75. The van der Waals surface area contributed by atoms with Crippen LogP contribution in [0, 0.1) is 0 Å². The summed E-state index contributed by atoms with van der Waals surface area (Å²) in [4.78, 5) is 9.45. The summed E-state index contributed by atoms with van der Waals surface area (Å²) < 4.78 is 0. The van der Waals surface area contributed by atoms with Gasteiger partial charge in [0.15, 0.2) is 0 Å².